The predicted molar refractivity (Wildman–Crippen MR) is 37.2 cm³/mol. The van der Waals surface area contributed by atoms with Gasteiger partial charge in [-0.15, -0.1) is 0 Å². The molecule has 0 aliphatic heterocycles. The Labute approximate surface area is 69.2 Å². The summed E-state index contributed by atoms with van der Waals surface area (Å²) in [6, 6.07) is 0. The predicted octanol–water partition coefficient (Wildman–Crippen LogP) is 1.95. The molecule has 0 fully saturated rings. The molecule has 0 spiro atoms. The van der Waals surface area contributed by atoms with Crippen LogP contribution in [0.15, 0.2) is 0 Å². The average Bonchev–Trinajstić information content (AvgIpc) is 1.83. The Morgan fingerprint density at radius 2 is 1.75 bits per heavy atom. The molecule has 0 aromatic heterocycles. The maximum absolute atomic E-state index is 11.5. The summed E-state index contributed by atoms with van der Waals surface area (Å²) in [4.78, 5) is 16.4. The normalized spacial score (nSPS) is 12.5. The van der Waals surface area contributed by atoms with Crippen LogP contribution in [0.25, 0.3) is 0 Å². The van der Waals surface area contributed by atoms with Gasteiger partial charge in [-0.2, -0.15) is 13.2 Å². The first-order valence-electron chi connectivity index (χ1n) is 3.29. The largest absolute Gasteiger partial charge is 0.389 e. The zero-order valence-electron chi connectivity index (χ0n) is 6.21. The third-order valence-electron chi connectivity index (χ3n) is 1.06. The molecule has 0 radical (unpaired) electrons. The van der Waals surface area contributed by atoms with E-state index in [1.54, 1.807) is 0 Å². The van der Waals surface area contributed by atoms with Gasteiger partial charge in [-0.1, -0.05) is 0 Å². The van der Waals surface area contributed by atoms with Crippen molar-refractivity contribution >= 4 is 8.60 Å². The maximum Gasteiger partial charge on any atom is 0.389 e. The van der Waals surface area contributed by atoms with Gasteiger partial charge < -0.3 is 14.3 Å². The van der Waals surface area contributed by atoms with Crippen molar-refractivity contribution in [2.45, 2.75) is 25.4 Å². The van der Waals surface area contributed by atoms with E-state index in [1.807, 2.05) is 0 Å². The van der Waals surface area contributed by atoms with E-state index in [0.717, 1.165) is 0 Å². The molecule has 0 saturated carbocycles. The summed E-state index contributed by atoms with van der Waals surface area (Å²) in [6.07, 6.45) is -4.86. The van der Waals surface area contributed by atoms with E-state index in [4.69, 9.17) is 9.79 Å². The maximum atomic E-state index is 11.5. The first-order chi connectivity index (χ1) is 5.42. The van der Waals surface area contributed by atoms with Crippen molar-refractivity contribution in [3.05, 3.63) is 0 Å². The van der Waals surface area contributed by atoms with Gasteiger partial charge in [0.2, 0.25) is 0 Å². The highest BCUT2D eigenvalue weighted by molar-refractivity contribution is 7.39. The van der Waals surface area contributed by atoms with E-state index < -0.39 is 21.2 Å². The minimum absolute atomic E-state index is 0.0468. The second-order valence-corrected chi connectivity index (χ2v) is 2.92. The number of rotatable bonds is 5. The lowest BCUT2D eigenvalue weighted by Crippen LogP contribution is -2.06. The van der Waals surface area contributed by atoms with Crippen molar-refractivity contribution in [3.63, 3.8) is 0 Å². The van der Waals surface area contributed by atoms with Crippen LogP contribution >= 0.6 is 8.60 Å². The molecule has 0 heterocycles. The van der Waals surface area contributed by atoms with Crippen LogP contribution in [0.5, 0.6) is 0 Å². The third-order valence-corrected chi connectivity index (χ3v) is 1.47. The second kappa shape index (κ2) is 5.70. The van der Waals surface area contributed by atoms with Gasteiger partial charge in [0.15, 0.2) is 0 Å². The minimum atomic E-state index is -4.14. The lowest BCUT2D eigenvalue weighted by Gasteiger charge is -2.06. The van der Waals surface area contributed by atoms with Gasteiger partial charge in [-0.25, -0.2) is 0 Å². The van der Waals surface area contributed by atoms with Crippen LogP contribution in [0.2, 0.25) is 0 Å². The number of halogens is 3. The quantitative estimate of drug-likeness (QED) is 0.533. The highest BCUT2D eigenvalue weighted by atomic mass is 31.2. The van der Waals surface area contributed by atoms with Gasteiger partial charge in [0.25, 0.3) is 0 Å². The number of unbranched alkanes of at least 4 members (excludes halogenated alkanes) is 1. The summed E-state index contributed by atoms with van der Waals surface area (Å²) in [5.74, 6) is 0. The van der Waals surface area contributed by atoms with Crippen molar-refractivity contribution in [2.75, 3.05) is 6.61 Å². The average molecular weight is 206 g/mol. The monoisotopic (exact) mass is 206 g/mol. The van der Waals surface area contributed by atoms with Gasteiger partial charge in [0, 0.05) is 6.42 Å². The van der Waals surface area contributed by atoms with E-state index in [0.29, 0.717) is 0 Å². The fourth-order valence-corrected chi connectivity index (χ4v) is 0.866. The Morgan fingerprint density at radius 3 is 2.17 bits per heavy atom. The zero-order valence-corrected chi connectivity index (χ0v) is 7.11. The highest BCUT2D eigenvalue weighted by Crippen LogP contribution is 2.26. The first-order valence-corrected chi connectivity index (χ1v) is 4.46. The van der Waals surface area contributed by atoms with Crippen molar-refractivity contribution in [3.8, 4) is 0 Å². The Balaban J connectivity index is 3.12. The molecule has 0 aliphatic carbocycles. The molecule has 0 saturated heterocycles. The molecule has 0 rings (SSSR count). The summed E-state index contributed by atoms with van der Waals surface area (Å²) in [5, 5.41) is 0. The van der Waals surface area contributed by atoms with Crippen LogP contribution in [0.1, 0.15) is 19.3 Å². The SMILES string of the molecule is OP(O)OCCCCC(F)(F)F. The smallest absolute Gasteiger partial charge is 0.328 e. The Morgan fingerprint density at radius 1 is 1.17 bits per heavy atom. The van der Waals surface area contributed by atoms with Gasteiger partial charge in [-0.3, -0.25) is 0 Å². The Bertz CT molecular complexity index is 117. The molecule has 12 heavy (non-hydrogen) atoms. The summed E-state index contributed by atoms with van der Waals surface area (Å²) < 4.78 is 38.8. The van der Waals surface area contributed by atoms with Gasteiger partial charge in [0.1, 0.15) is 0 Å². The highest BCUT2D eigenvalue weighted by Gasteiger charge is 2.25. The van der Waals surface area contributed by atoms with Crippen molar-refractivity contribution in [1.82, 2.24) is 0 Å². The fourth-order valence-electron chi connectivity index (χ4n) is 0.574. The van der Waals surface area contributed by atoms with E-state index in [9.17, 15) is 13.2 Å². The summed E-state index contributed by atoms with van der Waals surface area (Å²) in [5.41, 5.74) is 0. The van der Waals surface area contributed by atoms with Crippen LogP contribution in [0.4, 0.5) is 13.2 Å². The Hall–Kier alpha value is 0.100. The molecule has 0 aromatic carbocycles. The molecule has 0 amide bonds. The van der Waals surface area contributed by atoms with Gasteiger partial charge in [0.05, 0.1) is 6.61 Å². The van der Waals surface area contributed by atoms with Crippen molar-refractivity contribution < 1.29 is 27.5 Å². The van der Waals surface area contributed by atoms with E-state index in [-0.39, 0.29) is 19.4 Å². The summed E-state index contributed by atoms with van der Waals surface area (Å²) >= 11 is 0. The minimum Gasteiger partial charge on any atom is -0.328 e. The molecular formula is C5H10F3O3P. The number of hydrogen-bond acceptors (Lipinski definition) is 3. The zero-order chi connectivity index (χ0) is 9.61. The van der Waals surface area contributed by atoms with Crippen LogP contribution in [0.3, 0.4) is 0 Å². The molecule has 0 aliphatic rings. The van der Waals surface area contributed by atoms with Crippen LogP contribution in [0, 0.1) is 0 Å². The van der Waals surface area contributed by atoms with E-state index in [1.165, 1.54) is 0 Å². The summed E-state index contributed by atoms with van der Waals surface area (Å²) in [7, 11) is -2.43. The second-order valence-electron chi connectivity index (χ2n) is 2.16. The molecule has 0 aromatic rings. The van der Waals surface area contributed by atoms with E-state index >= 15 is 0 Å². The first kappa shape index (κ1) is 12.1. The Kier molecular flexibility index (Phi) is 5.74. The third kappa shape index (κ3) is 10.1. The lowest BCUT2D eigenvalue weighted by molar-refractivity contribution is -0.135. The molecule has 2 N–H and O–H groups in total. The van der Waals surface area contributed by atoms with E-state index in [2.05, 4.69) is 4.52 Å². The van der Waals surface area contributed by atoms with Gasteiger partial charge >= 0.3 is 14.8 Å². The topological polar surface area (TPSA) is 49.7 Å². The molecular weight excluding hydrogens is 196 g/mol. The molecule has 7 heteroatoms. The number of hydrogen-bond donors (Lipinski definition) is 2. The summed E-state index contributed by atoms with van der Waals surface area (Å²) in [6.45, 7) is -0.0468. The van der Waals surface area contributed by atoms with Crippen molar-refractivity contribution in [1.29, 1.82) is 0 Å². The molecule has 3 nitrogen and oxygen atoms in total. The fraction of sp³-hybridized carbons (Fsp3) is 1.00. The lowest BCUT2D eigenvalue weighted by atomic mass is 10.2. The van der Waals surface area contributed by atoms with Crippen LogP contribution < -0.4 is 0 Å². The molecule has 0 bridgehead atoms. The molecule has 0 atom stereocenters. The standard InChI is InChI=1S/C5H10F3O3P/c6-5(7,8)3-1-2-4-11-12(9)10/h9-10H,1-4H2. The van der Waals surface area contributed by atoms with Crippen LogP contribution in [-0.4, -0.2) is 22.6 Å². The number of alkyl halides is 3. The van der Waals surface area contributed by atoms with Crippen LogP contribution in [-0.2, 0) is 4.52 Å². The molecule has 0 unspecified atom stereocenters. The molecule has 74 valence electrons. The van der Waals surface area contributed by atoms with Crippen molar-refractivity contribution in [2.24, 2.45) is 0 Å². The van der Waals surface area contributed by atoms with Gasteiger partial charge in [-0.05, 0) is 12.8 Å².